The molecule has 0 spiro atoms. The van der Waals surface area contributed by atoms with Gasteiger partial charge in [0.05, 0.1) is 5.69 Å². The number of likely N-dealkylation sites (N-methyl/N-ethyl adjacent to an activating group) is 1. The van der Waals surface area contributed by atoms with E-state index < -0.39 is 11.2 Å². The first kappa shape index (κ1) is 23.0. The van der Waals surface area contributed by atoms with Crippen LogP contribution >= 0.6 is 11.3 Å². The van der Waals surface area contributed by atoms with E-state index in [2.05, 4.69) is 32.3 Å². The Kier molecular flexibility index (Phi) is 6.69. The molecular weight excluding hydrogens is 464 g/mol. The van der Waals surface area contributed by atoms with E-state index in [1.807, 2.05) is 38.4 Å². The standard InChI is InChI=1S/C25H28N6OS2/c1-31(2)12-11-27-25-28-14-17(15-29-25)20-13-19(16-7-4-3-5-8-16)21-22(26)24(33-23(21)30-20)34(32)18-9-6-10-18/h3-5,7-8,13-15,18H,6,9-12,26H2,1-2H3,(H,27,28,29). The van der Waals surface area contributed by atoms with Crippen LogP contribution in [0.1, 0.15) is 19.3 Å². The monoisotopic (exact) mass is 492 g/mol. The quantitative estimate of drug-likeness (QED) is 0.346. The van der Waals surface area contributed by atoms with E-state index in [1.54, 1.807) is 12.4 Å². The molecular formula is C25H28N6OS2. The molecule has 176 valence electrons. The van der Waals surface area contributed by atoms with Gasteiger partial charge in [0.15, 0.2) is 0 Å². The van der Waals surface area contributed by atoms with Gasteiger partial charge >= 0.3 is 0 Å². The molecule has 3 heterocycles. The predicted molar refractivity (Wildman–Crippen MR) is 142 cm³/mol. The molecule has 1 unspecified atom stereocenters. The Morgan fingerprint density at radius 1 is 1.15 bits per heavy atom. The maximum absolute atomic E-state index is 13.2. The van der Waals surface area contributed by atoms with Gasteiger partial charge in [-0.2, -0.15) is 0 Å². The van der Waals surface area contributed by atoms with Crippen LogP contribution < -0.4 is 11.1 Å². The van der Waals surface area contributed by atoms with Crippen molar-refractivity contribution in [3.05, 3.63) is 48.8 Å². The zero-order valence-corrected chi connectivity index (χ0v) is 21.0. The Morgan fingerprint density at radius 2 is 1.88 bits per heavy atom. The van der Waals surface area contributed by atoms with Gasteiger partial charge in [-0.3, -0.25) is 0 Å². The van der Waals surface area contributed by atoms with Crippen molar-refractivity contribution >= 4 is 44.4 Å². The molecule has 9 heteroatoms. The number of nitrogens with zero attached hydrogens (tertiary/aromatic N) is 4. The Balaban J connectivity index is 1.55. The van der Waals surface area contributed by atoms with Crippen molar-refractivity contribution in [2.24, 2.45) is 0 Å². The summed E-state index contributed by atoms with van der Waals surface area (Å²) in [6.45, 7) is 1.66. The van der Waals surface area contributed by atoms with Gasteiger partial charge in [-0.15, -0.1) is 0 Å². The van der Waals surface area contributed by atoms with Crippen LogP contribution in [0.2, 0.25) is 0 Å². The summed E-state index contributed by atoms with van der Waals surface area (Å²) in [5.74, 6) is 0.591. The van der Waals surface area contributed by atoms with Crippen LogP contribution in [-0.2, 0) is 11.2 Å². The zero-order chi connectivity index (χ0) is 23.7. The molecule has 34 heavy (non-hydrogen) atoms. The highest BCUT2D eigenvalue weighted by molar-refractivity contribution is 7.94. The smallest absolute Gasteiger partial charge is 0.232 e. The van der Waals surface area contributed by atoms with Gasteiger partial charge < -0.3 is 20.5 Å². The van der Waals surface area contributed by atoms with E-state index in [0.29, 0.717) is 11.6 Å². The van der Waals surface area contributed by atoms with Crippen LogP contribution in [0.4, 0.5) is 11.6 Å². The summed E-state index contributed by atoms with van der Waals surface area (Å²) in [7, 11) is 4.06. The molecule has 1 aromatic carbocycles. The summed E-state index contributed by atoms with van der Waals surface area (Å²) in [4.78, 5) is 16.8. The molecule has 1 aliphatic rings. The number of anilines is 2. The van der Waals surface area contributed by atoms with Crippen molar-refractivity contribution in [2.45, 2.75) is 28.7 Å². The average molecular weight is 493 g/mol. The lowest BCUT2D eigenvalue weighted by Crippen LogP contribution is -2.28. The van der Waals surface area contributed by atoms with Gasteiger partial charge in [-0.1, -0.05) is 41.7 Å². The maximum atomic E-state index is 13.2. The number of fused-ring (bicyclic) bond motifs is 1. The predicted octanol–water partition coefficient (Wildman–Crippen LogP) is 4.64. The number of hydrogen-bond donors (Lipinski definition) is 2. The van der Waals surface area contributed by atoms with Crippen LogP contribution in [0.5, 0.6) is 0 Å². The molecule has 0 bridgehead atoms. The number of nitrogens with two attached hydrogens (primary N) is 1. The van der Waals surface area contributed by atoms with Gasteiger partial charge in [0, 0.05) is 47.6 Å². The van der Waals surface area contributed by atoms with Gasteiger partial charge in [0.2, 0.25) is 10.2 Å². The molecule has 4 aromatic rings. The lowest BCUT2D eigenvalue weighted by molar-refractivity contribution is 0.425. The van der Waals surface area contributed by atoms with Gasteiger partial charge in [0.1, 0.15) is 15.8 Å². The first-order valence-electron chi connectivity index (χ1n) is 11.4. The lowest BCUT2D eigenvalue weighted by atomic mass is 10.00. The number of nitrogen functional groups attached to an aromatic ring is 1. The number of aromatic nitrogens is 3. The third-order valence-corrected chi connectivity index (χ3v) is 9.38. The molecule has 0 radical (unpaired) electrons. The number of hydrogen-bond acceptors (Lipinski definition) is 8. The van der Waals surface area contributed by atoms with Gasteiger partial charge in [-0.25, -0.2) is 15.0 Å². The normalized spacial score (nSPS) is 14.9. The summed E-state index contributed by atoms with van der Waals surface area (Å²) in [5, 5.41) is 4.32. The van der Waals surface area contributed by atoms with Crippen LogP contribution in [0.3, 0.4) is 0 Å². The van der Waals surface area contributed by atoms with Gasteiger partial charge in [-0.05, 0) is 50.6 Å². The largest absolute Gasteiger partial charge is 0.611 e. The van der Waals surface area contributed by atoms with E-state index in [4.69, 9.17) is 10.7 Å². The first-order valence-corrected chi connectivity index (χ1v) is 13.4. The summed E-state index contributed by atoms with van der Waals surface area (Å²) in [5.41, 5.74) is 10.8. The number of nitrogens with one attached hydrogen (secondary N) is 1. The summed E-state index contributed by atoms with van der Waals surface area (Å²) >= 11 is 0.356. The molecule has 0 aliphatic heterocycles. The Bertz CT molecular complexity index is 1270. The van der Waals surface area contributed by atoms with E-state index in [-0.39, 0.29) is 5.25 Å². The minimum atomic E-state index is -1.09. The van der Waals surface area contributed by atoms with Crippen molar-refractivity contribution in [3.8, 4) is 22.4 Å². The fourth-order valence-corrected chi connectivity index (χ4v) is 7.13. The fourth-order valence-electron chi connectivity index (χ4n) is 3.92. The van der Waals surface area contributed by atoms with Crippen LogP contribution in [0, 0.1) is 0 Å². The van der Waals surface area contributed by atoms with Crippen molar-refractivity contribution in [1.29, 1.82) is 0 Å². The van der Waals surface area contributed by atoms with Crippen LogP contribution in [-0.4, -0.2) is 56.8 Å². The molecule has 1 aliphatic carbocycles. The topological polar surface area (TPSA) is 103 Å². The van der Waals surface area contributed by atoms with E-state index >= 15 is 0 Å². The second-order valence-corrected chi connectivity index (χ2v) is 11.7. The van der Waals surface area contributed by atoms with E-state index in [1.165, 1.54) is 11.3 Å². The summed E-state index contributed by atoms with van der Waals surface area (Å²) in [6, 6.07) is 12.2. The molecule has 7 nitrogen and oxygen atoms in total. The molecule has 5 rings (SSSR count). The van der Waals surface area contributed by atoms with Gasteiger partial charge in [0.25, 0.3) is 0 Å². The molecule has 0 saturated heterocycles. The highest BCUT2D eigenvalue weighted by Crippen LogP contribution is 2.45. The second-order valence-electron chi connectivity index (χ2n) is 8.78. The fraction of sp³-hybridized carbons (Fsp3) is 0.320. The SMILES string of the molecule is CN(C)CCNc1ncc(-c2cc(-c3ccccc3)c3c(N)c([S+]([O-])C4CCC4)sc3n2)cn1. The molecule has 3 aromatic heterocycles. The highest BCUT2D eigenvalue weighted by atomic mass is 32.2. The van der Waals surface area contributed by atoms with Crippen molar-refractivity contribution < 1.29 is 4.55 Å². The number of thiophene rings is 1. The van der Waals surface area contributed by atoms with Crippen LogP contribution in [0.25, 0.3) is 32.6 Å². The van der Waals surface area contributed by atoms with E-state index in [0.717, 1.165) is 69.2 Å². The highest BCUT2D eigenvalue weighted by Gasteiger charge is 2.35. The van der Waals surface area contributed by atoms with Crippen molar-refractivity contribution in [2.75, 3.05) is 38.2 Å². The Morgan fingerprint density at radius 3 is 2.53 bits per heavy atom. The minimum absolute atomic E-state index is 0.205. The second kappa shape index (κ2) is 9.87. The Hall–Kier alpha value is -2.72. The first-order chi connectivity index (χ1) is 16.5. The molecule has 1 saturated carbocycles. The van der Waals surface area contributed by atoms with Crippen molar-refractivity contribution in [1.82, 2.24) is 19.9 Å². The average Bonchev–Trinajstić information content (AvgIpc) is 3.14. The molecule has 1 fully saturated rings. The maximum Gasteiger partial charge on any atom is 0.232 e. The molecule has 0 amide bonds. The van der Waals surface area contributed by atoms with Crippen LogP contribution in [0.15, 0.2) is 53.0 Å². The third-order valence-electron chi connectivity index (χ3n) is 6.08. The number of rotatable bonds is 8. The van der Waals surface area contributed by atoms with E-state index in [9.17, 15) is 4.55 Å². The Labute approximate surface area is 206 Å². The zero-order valence-electron chi connectivity index (χ0n) is 19.3. The third kappa shape index (κ3) is 4.61. The molecule has 1 atom stereocenters. The summed E-state index contributed by atoms with van der Waals surface area (Å²) < 4.78 is 13.9. The minimum Gasteiger partial charge on any atom is -0.611 e. The summed E-state index contributed by atoms with van der Waals surface area (Å²) in [6.07, 6.45) is 6.71. The lowest BCUT2D eigenvalue weighted by Gasteiger charge is -2.27. The molecule has 3 N–H and O–H groups in total. The number of benzene rings is 1. The van der Waals surface area contributed by atoms with Crippen molar-refractivity contribution in [3.63, 3.8) is 0 Å². The number of pyridine rings is 1.